The fourth-order valence-corrected chi connectivity index (χ4v) is 5.11. The fourth-order valence-electron chi connectivity index (χ4n) is 5.11. The molecular formula is C34H32N4O4. The van der Waals surface area contributed by atoms with Crippen molar-refractivity contribution in [2.24, 2.45) is 0 Å². The highest BCUT2D eigenvalue weighted by Crippen LogP contribution is 2.35. The molecule has 0 spiro atoms. The van der Waals surface area contributed by atoms with Crippen molar-refractivity contribution in [2.45, 2.75) is 45.8 Å². The summed E-state index contributed by atoms with van der Waals surface area (Å²) in [7, 11) is 0. The summed E-state index contributed by atoms with van der Waals surface area (Å²) in [6.07, 6.45) is 0.521. The van der Waals surface area contributed by atoms with Crippen molar-refractivity contribution in [3.8, 4) is 40.1 Å². The lowest BCUT2D eigenvalue weighted by atomic mass is 9.98. The van der Waals surface area contributed by atoms with Gasteiger partial charge in [0.25, 0.3) is 5.89 Å². The third-order valence-electron chi connectivity index (χ3n) is 7.15. The second-order valence-corrected chi connectivity index (χ2v) is 10.7. The maximum atomic E-state index is 13.1. The van der Waals surface area contributed by atoms with Gasteiger partial charge < -0.3 is 18.9 Å². The first-order chi connectivity index (χ1) is 20.4. The van der Waals surface area contributed by atoms with Gasteiger partial charge >= 0.3 is 0 Å². The van der Waals surface area contributed by atoms with Crippen LogP contribution in [-0.4, -0.2) is 38.6 Å². The van der Waals surface area contributed by atoms with Crippen molar-refractivity contribution in [2.75, 3.05) is 6.54 Å². The van der Waals surface area contributed by atoms with Gasteiger partial charge in [-0.3, -0.25) is 4.79 Å². The molecule has 5 aromatic rings. The Balaban J connectivity index is 1.29. The van der Waals surface area contributed by atoms with E-state index in [2.05, 4.69) is 22.3 Å². The Bertz CT molecular complexity index is 1680. The van der Waals surface area contributed by atoms with Gasteiger partial charge in [0.15, 0.2) is 5.82 Å². The zero-order chi connectivity index (χ0) is 29.1. The van der Waals surface area contributed by atoms with Crippen LogP contribution in [0.15, 0.2) is 95.5 Å². The third-order valence-corrected chi connectivity index (χ3v) is 7.15. The average Bonchev–Trinajstić information content (AvgIpc) is 3.59. The van der Waals surface area contributed by atoms with E-state index in [1.54, 1.807) is 6.92 Å². The second kappa shape index (κ2) is 11.9. The molecule has 8 nitrogen and oxygen atoms in total. The molecule has 8 heteroatoms. The first-order valence-corrected chi connectivity index (χ1v) is 14.1. The fraction of sp³-hybridized carbons (Fsp3) is 0.235. The molecule has 0 radical (unpaired) electrons. The molecule has 0 unspecified atom stereocenters. The van der Waals surface area contributed by atoms with Gasteiger partial charge in [-0.15, -0.1) is 0 Å². The van der Waals surface area contributed by atoms with Crippen LogP contribution in [0.1, 0.15) is 43.1 Å². The smallest absolute Gasteiger partial charge is 0.257 e. The third kappa shape index (κ3) is 6.17. The molecule has 1 fully saturated rings. The second-order valence-electron chi connectivity index (χ2n) is 10.7. The van der Waals surface area contributed by atoms with Crippen molar-refractivity contribution in [3.63, 3.8) is 0 Å². The standard InChI is InChI=1S/C34H32N4O4/c1-22(2)40-32-11-7-10-30(36-32)26-12-13-27(20-38-21-28(19-33(38)39)24-8-5-4-6-9-24)31(18-26)41-29-16-14-25(15-17-29)34-35-23(3)37-42-34/h4-18,22,28H,19-21H2,1-3H3/t28-/m1/s1. The van der Waals surface area contributed by atoms with E-state index in [1.807, 2.05) is 97.6 Å². The minimum Gasteiger partial charge on any atom is -0.475 e. The Morgan fingerprint density at radius 3 is 2.45 bits per heavy atom. The number of aromatic nitrogens is 3. The molecule has 0 bridgehead atoms. The van der Waals surface area contributed by atoms with Crippen LogP contribution in [-0.2, 0) is 11.3 Å². The van der Waals surface area contributed by atoms with Crippen LogP contribution >= 0.6 is 0 Å². The van der Waals surface area contributed by atoms with Gasteiger partial charge in [-0.2, -0.15) is 4.98 Å². The molecule has 0 N–H and O–H groups in total. The summed E-state index contributed by atoms with van der Waals surface area (Å²) < 4.78 is 17.6. The monoisotopic (exact) mass is 560 g/mol. The van der Waals surface area contributed by atoms with E-state index in [0.717, 1.165) is 22.4 Å². The highest BCUT2D eigenvalue weighted by atomic mass is 16.5. The van der Waals surface area contributed by atoms with Gasteiger partial charge in [-0.25, -0.2) is 4.98 Å². The lowest BCUT2D eigenvalue weighted by molar-refractivity contribution is -0.128. The van der Waals surface area contributed by atoms with Gasteiger partial charge in [-0.05, 0) is 62.7 Å². The SMILES string of the molecule is Cc1noc(-c2ccc(Oc3cc(-c4cccc(OC(C)C)n4)ccc3CN3C[C@H](c4ccccc4)CC3=O)cc2)n1. The molecule has 0 aliphatic carbocycles. The highest BCUT2D eigenvalue weighted by Gasteiger charge is 2.31. The molecule has 1 aliphatic heterocycles. The number of hydrogen-bond donors (Lipinski definition) is 0. The van der Waals surface area contributed by atoms with E-state index in [4.69, 9.17) is 19.0 Å². The van der Waals surface area contributed by atoms with E-state index < -0.39 is 0 Å². The summed E-state index contributed by atoms with van der Waals surface area (Å²) in [5.74, 6) is 3.21. The quantitative estimate of drug-likeness (QED) is 0.188. The molecule has 1 aliphatic rings. The summed E-state index contributed by atoms with van der Waals surface area (Å²) in [6, 6.07) is 29.5. The first-order valence-electron chi connectivity index (χ1n) is 14.1. The number of benzene rings is 3. The minimum absolute atomic E-state index is 0.0192. The Morgan fingerprint density at radius 2 is 1.71 bits per heavy atom. The van der Waals surface area contributed by atoms with E-state index in [0.29, 0.717) is 48.6 Å². The normalized spacial score (nSPS) is 14.9. The summed E-state index contributed by atoms with van der Waals surface area (Å²) in [6.45, 7) is 6.84. The van der Waals surface area contributed by atoms with Gasteiger partial charge in [0.2, 0.25) is 11.8 Å². The highest BCUT2D eigenvalue weighted by molar-refractivity contribution is 5.80. The van der Waals surface area contributed by atoms with E-state index >= 15 is 0 Å². The van der Waals surface area contributed by atoms with E-state index in [9.17, 15) is 4.79 Å². The predicted molar refractivity (Wildman–Crippen MR) is 159 cm³/mol. The number of nitrogens with zero attached hydrogens (tertiary/aromatic N) is 4. The summed E-state index contributed by atoms with van der Waals surface area (Å²) in [4.78, 5) is 24.0. The number of carbonyl (C=O) groups excluding carboxylic acids is 1. The van der Waals surface area contributed by atoms with Gasteiger partial charge in [0.1, 0.15) is 11.5 Å². The van der Waals surface area contributed by atoms with E-state index in [-0.39, 0.29) is 17.9 Å². The zero-order valence-corrected chi connectivity index (χ0v) is 23.9. The van der Waals surface area contributed by atoms with Crippen molar-refractivity contribution < 1.29 is 18.8 Å². The molecular weight excluding hydrogens is 528 g/mol. The molecule has 1 atom stereocenters. The van der Waals surface area contributed by atoms with Crippen LogP contribution in [0.2, 0.25) is 0 Å². The van der Waals surface area contributed by atoms with Crippen molar-refractivity contribution in [3.05, 3.63) is 108 Å². The molecule has 1 amide bonds. The predicted octanol–water partition coefficient (Wildman–Crippen LogP) is 7.20. The van der Waals surface area contributed by atoms with Crippen molar-refractivity contribution in [1.82, 2.24) is 20.0 Å². The van der Waals surface area contributed by atoms with Crippen molar-refractivity contribution in [1.29, 1.82) is 0 Å². The molecule has 2 aromatic heterocycles. The number of pyridine rings is 1. The van der Waals surface area contributed by atoms with Crippen LogP contribution in [0.3, 0.4) is 0 Å². The summed E-state index contributed by atoms with van der Waals surface area (Å²) >= 11 is 0. The zero-order valence-electron chi connectivity index (χ0n) is 23.9. The number of aryl methyl sites for hydroxylation is 1. The number of likely N-dealkylation sites (tertiary alicyclic amines) is 1. The number of carbonyl (C=O) groups is 1. The molecule has 3 heterocycles. The Kier molecular flexibility index (Phi) is 7.68. The van der Waals surface area contributed by atoms with Gasteiger partial charge in [-0.1, -0.05) is 53.7 Å². The van der Waals surface area contributed by atoms with Gasteiger partial charge in [0, 0.05) is 48.2 Å². The molecule has 212 valence electrons. The summed E-state index contributed by atoms with van der Waals surface area (Å²) in [5.41, 5.74) is 4.56. The van der Waals surface area contributed by atoms with Crippen LogP contribution in [0.5, 0.6) is 17.4 Å². The Hall–Kier alpha value is -4.98. The molecule has 3 aromatic carbocycles. The minimum atomic E-state index is 0.0192. The van der Waals surface area contributed by atoms with E-state index in [1.165, 1.54) is 5.56 Å². The Labute approximate surface area is 244 Å². The maximum Gasteiger partial charge on any atom is 0.257 e. The van der Waals surface area contributed by atoms with Crippen LogP contribution in [0.25, 0.3) is 22.7 Å². The maximum absolute atomic E-state index is 13.1. The number of rotatable bonds is 9. The lowest BCUT2D eigenvalue weighted by Gasteiger charge is -2.20. The molecule has 0 saturated carbocycles. The molecule has 1 saturated heterocycles. The lowest BCUT2D eigenvalue weighted by Crippen LogP contribution is -2.24. The first kappa shape index (κ1) is 27.2. The number of hydrogen-bond acceptors (Lipinski definition) is 7. The summed E-state index contributed by atoms with van der Waals surface area (Å²) in [5, 5.41) is 3.87. The van der Waals surface area contributed by atoms with Gasteiger partial charge in [0.05, 0.1) is 11.8 Å². The largest absolute Gasteiger partial charge is 0.475 e. The van der Waals surface area contributed by atoms with Crippen LogP contribution < -0.4 is 9.47 Å². The van der Waals surface area contributed by atoms with Crippen LogP contribution in [0, 0.1) is 6.92 Å². The Morgan fingerprint density at radius 1 is 0.929 bits per heavy atom. The molecule has 42 heavy (non-hydrogen) atoms. The van der Waals surface area contributed by atoms with Crippen molar-refractivity contribution >= 4 is 5.91 Å². The number of amides is 1. The molecule has 6 rings (SSSR count). The van der Waals surface area contributed by atoms with Crippen LogP contribution in [0.4, 0.5) is 0 Å². The number of ether oxygens (including phenoxy) is 2. The average molecular weight is 561 g/mol. The topological polar surface area (TPSA) is 90.6 Å².